The number of hydrogen-bond acceptors (Lipinski definition) is 9. The van der Waals surface area contributed by atoms with Crippen LogP contribution in [0.25, 0.3) is 0 Å². The van der Waals surface area contributed by atoms with Gasteiger partial charge >= 0.3 is 0 Å². The van der Waals surface area contributed by atoms with Crippen LogP contribution in [0.2, 0.25) is 0 Å². The molecule has 3 aromatic rings. The van der Waals surface area contributed by atoms with Crippen molar-refractivity contribution in [2.45, 2.75) is 44.2 Å². The Morgan fingerprint density at radius 1 is 0.975 bits per heavy atom. The Morgan fingerprint density at radius 3 is 2.23 bits per heavy atom. The van der Waals surface area contributed by atoms with Crippen LogP contribution in [0, 0.1) is 0 Å². The molecule has 40 heavy (non-hydrogen) atoms. The number of nitrogen functional groups attached to an aromatic ring is 1. The number of nitrogens with zero attached hydrogens (tertiary/aromatic N) is 2. The van der Waals surface area contributed by atoms with Gasteiger partial charge in [0.25, 0.3) is 11.8 Å². The lowest BCUT2D eigenvalue weighted by atomic mass is 9.94. The van der Waals surface area contributed by atoms with E-state index in [9.17, 15) is 14.4 Å². The van der Waals surface area contributed by atoms with Gasteiger partial charge in [0.2, 0.25) is 5.91 Å². The maximum Gasteiger partial charge on any atom is 0.273 e. The van der Waals surface area contributed by atoms with Crippen LogP contribution in [0.3, 0.4) is 0 Å². The molecule has 1 saturated carbocycles. The Kier molecular flexibility index (Phi) is 9.10. The van der Waals surface area contributed by atoms with Crippen LogP contribution in [0.4, 0.5) is 11.4 Å². The standard InChI is InChI=1S/C28H33N5O6S/c1-37-19-12-10-18(11-13-19)33(28(36)25-22(29)23(26(30)34)32-40-25)24(27(35)31-17-7-5-4-6-8-17)16-9-14-20(38-2)21(15-16)39-3/h9-15,17,24H,4-8,29H2,1-3H3,(H2,30,34)(H,31,35)/t24-/m0/s1. The first-order chi connectivity index (χ1) is 19.3. The predicted octanol–water partition coefficient (Wildman–Crippen LogP) is 3.69. The Balaban J connectivity index is 1.88. The van der Waals surface area contributed by atoms with Gasteiger partial charge in [-0.2, -0.15) is 4.37 Å². The molecule has 0 bridgehead atoms. The van der Waals surface area contributed by atoms with E-state index in [1.54, 1.807) is 42.5 Å². The molecule has 0 radical (unpaired) electrons. The second kappa shape index (κ2) is 12.7. The quantitative estimate of drug-likeness (QED) is 0.335. The third kappa shape index (κ3) is 5.96. The van der Waals surface area contributed by atoms with Crippen molar-refractivity contribution < 1.29 is 28.6 Å². The highest BCUT2D eigenvalue weighted by Gasteiger charge is 2.37. The lowest BCUT2D eigenvalue weighted by Gasteiger charge is -2.33. The Morgan fingerprint density at radius 2 is 1.65 bits per heavy atom. The van der Waals surface area contributed by atoms with E-state index in [-0.39, 0.29) is 28.2 Å². The molecule has 1 aliphatic carbocycles. The molecule has 11 nitrogen and oxygen atoms in total. The van der Waals surface area contributed by atoms with Crippen LogP contribution in [0.15, 0.2) is 42.5 Å². The highest BCUT2D eigenvalue weighted by atomic mass is 32.1. The summed E-state index contributed by atoms with van der Waals surface area (Å²) in [6.07, 6.45) is 4.85. The summed E-state index contributed by atoms with van der Waals surface area (Å²) in [5.41, 5.74) is 12.1. The van der Waals surface area contributed by atoms with Crippen molar-refractivity contribution in [2.75, 3.05) is 32.0 Å². The molecule has 1 atom stereocenters. The number of anilines is 2. The molecule has 3 amide bonds. The fraction of sp³-hybridized carbons (Fsp3) is 0.357. The Bertz CT molecular complexity index is 1370. The molecule has 1 aliphatic rings. The monoisotopic (exact) mass is 567 g/mol. The van der Waals surface area contributed by atoms with Gasteiger partial charge in [0, 0.05) is 11.7 Å². The fourth-order valence-corrected chi connectivity index (χ4v) is 5.57. The molecule has 0 aliphatic heterocycles. The van der Waals surface area contributed by atoms with Crippen molar-refractivity contribution in [3.05, 3.63) is 58.6 Å². The zero-order chi connectivity index (χ0) is 28.8. The number of methoxy groups -OCH3 is 3. The normalized spacial score (nSPS) is 14.2. The summed E-state index contributed by atoms with van der Waals surface area (Å²) in [5.74, 6) is -0.412. The average molecular weight is 568 g/mol. The number of rotatable bonds is 10. The van der Waals surface area contributed by atoms with Gasteiger partial charge in [0.1, 0.15) is 16.7 Å². The molecule has 12 heteroatoms. The summed E-state index contributed by atoms with van der Waals surface area (Å²) < 4.78 is 20.2. The summed E-state index contributed by atoms with van der Waals surface area (Å²) in [5, 5.41) is 3.15. The molecule has 1 heterocycles. The number of hydrogen-bond donors (Lipinski definition) is 3. The molecular formula is C28H33N5O6S. The van der Waals surface area contributed by atoms with Crippen molar-refractivity contribution >= 4 is 40.6 Å². The maximum absolute atomic E-state index is 14.2. The highest BCUT2D eigenvalue weighted by molar-refractivity contribution is 7.09. The van der Waals surface area contributed by atoms with Crippen molar-refractivity contribution in [3.8, 4) is 17.2 Å². The first-order valence-electron chi connectivity index (χ1n) is 12.8. The number of carbonyl (C=O) groups excluding carboxylic acids is 3. The van der Waals surface area contributed by atoms with Gasteiger partial charge in [-0.15, -0.1) is 0 Å². The van der Waals surface area contributed by atoms with Crippen LogP contribution >= 0.6 is 11.5 Å². The van der Waals surface area contributed by atoms with E-state index in [2.05, 4.69) is 9.69 Å². The summed E-state index contributed by atoms with van der Waals surface area (Å²) in [4.78, 5) is 41.5. The summed E-state index contributed by atoms with van der Waals surface area (Å²) in [7, 11) is 4.54. The predicted molar refractivity (Wildman–Crippen MR) is 152 cm³/mol. The Labute approximate surface area is 236 Å². The third-order valence-electron chi connectivity index (χ3n) is 6.91. The average Bonchev–Trinajstić information content (AvgIpc) is 3.37. The van der Waals surface area contributed by atoms with E-state index in [1.807, 2.05) is 0 Å². The second-order valence-electron chi connectivity index (χ2n) is 9.37. The highest BCUT2D eigenvalue weighted by Crippen LogP contribution is 2.37. The number of amides is 3. The summed E-state index contributed by atoms with van der Waals surface area (Å²) in [6.45, 7) is 0. The molecule has 0 unspecified atom stereocenters. The molecule has 0 saturated heterocycles. The zero-order valence-corrected chi connectivity index (χ0v) is 23.5. The molecule has 1 aromatic heterocycles. The first kappa shape index (κ1) is 28.7. The number of primary amides is 1. The lowest BCUT2D eigenvalue weighted by molar-refractivity contribution is -0.123. The van der Waals surface area contributed by atoms with Crippen molar-refractivity contribution in [2.24, 2.45) is 5.73 Å². The molecule has 2 aromatic carbocycles. The summed E-state index contributed by atoms with van der Waals surface area (Å²) >= 11 is 0.749. The minimum Gasteiger partial charge on any atom is -0.497 e. The molecule has 5 N–H and O–H groups in total. The van der Waals surface area contributed by atoms with Crippen LogP contribution in [-0.4, -0.2) is 49.5 Å². The van der Waals surface area contributed by atoms with Crippen molar-refractivity contribution in [3.63, 3.8) is 0 Å². The molecule has 0 spiro atoms. The number of nitrogens with two attached hydrogens (primary N) is 2. The van der Waals surface area contributed by atoms with E-state index < -0.39 is 17.9 Å². The smallest absolute Gasteiger partial charge is 0.273 e. The number of nitrogens with one attached hydrogen (secondary N) is 1. The molecule has 212 valence electrons. The largest absolute Gasteiger partial charge is 0.497 e. The van der Waals surface area contributed by atoms with Gasteiger partial charge in [-0.1, -0.05) is 25.3 Å². The van der Waals surface area contributed by atoms with Crippen LogP contribution in [0.1, 0.15) is 63.9 Å². The van der Waals surface area contributed by atoms with Crippen LogP contribution < -0.4 is 35.9 Å². The van der Waals surface area contributed by atoms with Gasteiger partial charge in [0.05, 0.1) is 27.0 Å². The van der Waals surface area contributed by atoms with Crippen molar-refractivity contribution in [1.82, 2.24) is 9.69 Å². The zero-order valence-electron chi connectivity index (χ0n) is 22.6. The SMILES string of the molecule is COc1ccc(N(C(=O)c2snc(C(N)=O)c2N)[C@H](C(=O)NC2CCCCC2)c2ccc(OC)c(OC)c2)cc1. The van der Waals surface area contributed by atoms with Gasteiger partial charge in [-0.3, -0.25) is 19.3 Å². The van der Waals surface area contributed by atoms with Gasteiger partial charge in [-0.25, -0.2) is 0 Å². The van der Waals surface area contributed by atoms with Gasteiger partial charge < -0.3 is 31.0 Å². The van der Waals surface area contributed by atoms with Crippen LogP contribution in [0.5, 0.6) is 17.2 Å². The number of ether oxygens (including phenoxy) is 3. The van der Waals surface area contributed by atoms with Gasteiger partial charge in [0.15, 0.2) is 17.2 Å². The fourth-order valence-electron chi connectivity index (χ4n) is 4.83. The third-order valence-corrected chi connectivity index (χ3v) is 7.76. The topological polar surface area (TPSA) is 159 Å². The molecule has 4 rings (SSSR count). The maximum atomic E-state index is 14.2. The molecular weight excluding hydrogens is 534 g/mol. The minimum absolute atomic E-state index is 0.0134. The number of carbonyl (C=O) groups is 3. The summed E-state index contributed by atoms with van der Waals surface area (Å²) in [6, 6.07) is 10.6. The Hall–Kier alpha value is -4.32. The van der Waals surface area contributed by atoms with Gasteiger partial charge in [-0.05, 0) is 66.3 Å². The first-order valence-corrected chi connectivity index (χ1v) is 13.6. The lowest BCUT2D eigenvalue weighted by Crippen LogP contribution is -2.47. The minimum atomic E-state index is -1.14. The van der Waals surface area contributed by atoms with Crippen LogP contribution in [-0.2, 0) is 4.79 Å². The van der Waals surface area contributed by atoms with E-state index in [1.165, 1.54) is 26.2 Å². The van der Waals surface area contributed by atoms with E-state index in [4.69, 9.17) is 25.7 Å². The second-order valence-corrected chi connectivity index (χ2v) is 10.1. The number of aromatic nitrogens is 1. The number of benzene rings is 2. The van der Waals surface area contributed by atoms with E-state index in [0.717, 1.165) is 43.6 Å². The van der Waals surface area contributed by atoms with Crippen molar-refractivity contribution in [1.29, 1.82) is 0 Å². The molecule has 1 fully saturated rings. The van der Waals surface area contributed by atoms with E-state index >= 15 is 0 Å². The van der Waals surface area contributed by atoms with E-state index in [0.29, 0.717) is 28.5 Å².